The molecule has 1 aromatic rings. The Bertz CT molecular complexity index is 384. The second-order valence-corrected chi connectivity index (χ2v) is 4.94. The van der Waals surface area contributed by atoms with E-state index in [0.717, 1.165) is 10.6 Å². The summed E-state index contributed by atoms with van der Waals surface area (Å²) in [6, 6.07) is 7.70. The molecule has 5 heteroatoms. The van der Waals surface area contributed by atoms with E-state index in [1.165, 1.54) is 11.8 Å². The van der Waals surface area contributed by atoms with E-state index in [-0.39, 0.29) is 11.9 Å². The smallest absolute Gasteiger partial charge is 0.230 e. The van der Waals surface area contributed by atoms with Gasteiger partial charge in [0, 0.05) is 18.0 Å². The summed E-state index contributed by atoms with van der Waals surface area (Å²) in [6.45, 7) is 2.44. The molecule has 1 rings (SSSR count). The Labute approximate surface area is 112 Å². The summed E-state index contributed by atoms with van der Waals surface area (Å²) >= 11 is 1.49. The van der Waals surface area contributed by atoms with E-state index in [1.807, 2.05) is 31.2 Å². The highest BCUT2D eigenvalue weighted by Gasteiger charge is 2.07. The highest BCUT2D eigenvalue weighted by atomic mass is 32.2. The molecule has 0 bridgehead atoms. The van der Waals surface area contributed by atoms with Crippen molar-refractivity contribution in [2.45, 2.75) is 17.9 Å². The summed E-state index contributed by atoms with van der Waals surface area (Å²) in [5, 5.41) is 2.86. The number of nitrogens with one attached hydrogen (secondary N) is 1. The van der Waals surface area contributed by atoms with Crippen molar-refractivity contribution in [2.75, 3.05) is 26.6 Å². The molecule has 1 N–H and O–H groups in total. The lowest BCUT2D eigenvalue weighted by atomic mass is 10.3. The van der Waals surface area contributed by atoms with Crippen molar-refractivity contribution in [3.63, 3.8) is 0 Å². The van der Waals surface area contributed by atoms with Crippen LogP contribution in [0.5, 0.6) is 5.75 Å². The van der Waals surface area contributed by atoms with Crippen LogP contribution in [-0.2, 0) is 9.53 Å². The van der Waals surface area contributed by atoms with E-state index >= 15 is 0 Å². The van der Waals surface area contributed by atoms with Crippen LogP contribution in [0.2, 0.25) is 0 Å². The minimum Gasteiger partial charge on any atom is -0.497 e. The Morgan fingerprint density at radius 2 is 2.22 bits per heavy atom. The van der Waals surface area contributed by atoms with Gasteiger partial charge in [-0.05, 0) is 25.1 Å². The summed E-state index contributed by atoms with van der Waals surface area (Å²) in [7, 11) is 3.25. The predicted octanol–water partition coefficient (Wildman–Crippen LogP) is 1.94. The number of thioether (sulfide) groups is 1. The third kappa shape index (κ3) is 5.42. The number of ether oxygens (including phenoxy) is 2. The lowest BCUT2D eigenvalue weighted by Gasteiger charge is -2.12. The van der Waals surface area contributed by atoms with Gasteiger partial charge in [-0.15, -0.1) is 11.8 Å². The minimum absolute atomic E-state index is 0.00682. The van der Waals surface area contributed by atoms with Crippen LogP contribution in [-0.4, -0.2) is 38.5 Å². The number of rotatable bonds is 7. The second kappa shape index (κ2) is 8.00. The maximum absolute atomic E-state index is 11.6. The molecule has 0 aliphatic heterocycles. The number of amides is 1. The molecule has 0 aliphatic rings. The molecule has 0 fully saturated rings. The van der Waals surface area contributed by atoms with E-state index in [2.05, 4.69) is 5.32 Å². The van der Waals surface area contributed by atoms with Gasteiger partial charge < -0.3 is 14.8 Å². The normalized spacial score (nSPS) is 11.9. The molecule has 0 spiro atoms. The summed E-state index contributed by atoms with van der Waals surface area (Å²) < 4.78 is 10.1. The first-order valence-electron chi connectivity index (χ1n) is 5.71. The molecule has 1 amide bonds. The predicted molar refractivity (Wildman–Crippen MR) is 73.2 cm³/mol. The van der Waals surface area contributed by atoms with Crippen LogP contribution in [0.4, 0.5) is 0 Å². The Morgan fingerprint density at radius 1 is 1.44 bits per heavy atom. The average molecular weight is 269 g/mol. The van der Waals surface area contributed by atoms with Crippen molar-refractivity contribution in [3.8, 4) is 5.75 Å². The second-order valence-electron chi connectivity index (χ2n) is 3.89. The molecule has 100 valence electrons. The van der Waals surface area contributed by atoms with E-state index in [0.29, 0.717) is 12.4 Å². The monoisotopic (exact) mass is 269 g/mol. The van der Waals surface area contributed by atoms with Crippen molar-refractivity contribution >= 4 is 17.7 Å². The molecule has 0 saturated carbocycles. The largest absolute Gasteiger partial charge is 0.497 e. The van der Waals surface area contributed by atoms with E-state index in [4.69, 9.17) is 9.47 Å². The van der Waals surface area contributed by atoms with Crippen LogP contribution < -0.4 is 10.1 Å². The minimum atomic E-state index is 0.00682. The first kappa shape index (κ1) is 14.9. The zero-order valence-corrected chi connectivity index (χ0v) is 11.8. The molecular formula is C13H19NO3S. The fraction of sp³-hybridized carbons (Fsp3) is 0.462. The Hall–Kier alpha value is -1.20. The third-order valence-electron chi connectivity index (χ3n) is 2.24. The van der Waals surface area contributed by atoms with Gasteiger partial charge in [0.15, 0.2) is 0 Å². The number of carbonyl (C=O) groups excluding carboxylic acids is 1. The van der Waals surface area contributed by atoms with Gasteiger partial charge >= 0.3 is 0 Å². The summed E-state index contributed by atoms with van der Waals surface area (Å²) in [6.07, 6.45) is 0. The van der Waals surface area contributed by atoms with Gasteiger partial charge in [0.2, 0.25) is 5.91 Å². The molecule has 1 aromatic carbocycles. The standard InChI is InChI=1S/C13H19NO3S/c1-10(8-16-2)14-13(15)9-18-12-6-4-5-11(7-12)17-3/h4-7,10H,8-9H2,1-3H3,(H,14,15)/t10-/m1/s1. The van der Waals surface area contributed by atoms with Crippen molar-refractivity contribution < 1.29 is 14.3 Å². The summed E-state index contributed by atoms with van der Waals surface area (Å²) in [4.78, 5) is 12.7. The van der Waals surface area contributed by atoms with E-state index < -0.39 is 0 Å². The third-order valence-corrected chi connectivity index (χ3v) is 3.23. The fourth-order valence-corrected chi connectivity index (χ4v) is 2.20. The lowest BCUT2D eigenvalue weighted by Crippen LogP contribution is -2.36. The summed E-state index contributed by atoms with van der Waals surface area (Å²) in [5.41, 5.74) is 0. The van der Waals surface area contributed by atoms with Gasteiger partial charge in [-0.3, -0.25) is 4.79 Å². The van der Waals surface area contributed by atoms with E-state index in [1.54, 1.807) is 14.2 Å². The van der Waals surface area contributed by atoms with E-state index in [9.17, 15) is 4.79 Å². The highest BCUT2D eigenvalue weighted by molar-refractivity contribution is 8.00. The molecule has 0 heterocycles. The van der Waals surface area contributed by atoms with Crippen molar-refractivity contribution in [1.82, 2.24) is 5.32 Å². The molecule has 18 heavy (non-hydrogen) atoms. The van der Waals surface area contributed by atoms with Gasteiger partial charge in [-0.1, -0.05) is 6.07 Å². The van der Waals surface area contributed by atoms with Crippen LogP contribution in [0.1, 0.15) is 6.92 Å². The fourth-order valence-electron chi connectivity index (χ4n) is 1.45. The maximum atomic E-state index is 11.6. The van der Waals surface area contributed by atoms with Gasteiger partial charge in [-0.2, -0.15) is 0 Å². The Balaban J connectivity index is 2.37. The SMILES string of the molecule is COC[C@@H](C)NC(=O)CSc1cccc(OC)c1. The number of methoxy groups -OCH3 is 2. The van der Waals surface area contributed by atoms with Gasteiger partial charge in [0.25, 0.3) is 0 Å². The molecule has 0 unspecified atom stereocenters. The molecule has 0 aromatic heterocycles. The maximum Gasteiger partial charge on any atom is 0.230 e. The van der Waals surface area contributed by atoms with Crippen LogP contribution in [0, 0.1) is 0 Å². The van der Waals surface area contributed by atoms with Gasteiger partial charge in [0.1, 0.15) is 5.75 Å². The number of carbonyl (C=O) groups is 1. The van der Waals surface area contributed by atoms with Crippen LogP contribution >= 0.6 is 11.8 Å². The quantitative estimate of drug-likeness (QED) is 0.769. The number of hydrogen-bond acceptors (Lipinski definition) is 4. The topological polar surface area (TPSA) is 47.6 Å². The Kier molecular flexibility index (Phi) is 6.60. The van der Waals surface area contributed by atoms with Crippen LogP contribution in [0.3, 0.4) is 0 Å². The lowest BCUT2D eigenvalue weighted by molar-refractivity contribution is -0.119. The average Bonchev–Trinajstić information content (AvgIpc) is 2.37. The van der Waals surface area contributed by atoms with Crippen molar-refractivity contribution in [2.24, 2.45) is 0 Å². The summed E-state index contributed by atoms with van der Waals surface area (Å²) in [5.74, 6) is 1.20. The molecule has 0 aliphatic carbocycles. The number of benzene rings is 1. The van der Waals surface area contributed by atoms with Crippen LogP contribution in [0.15, 0.2) is 29.2 Å². The molecule has 0 saturated heterocycles. The van der Waals surface area contributed by atoms with Crippen molar-refractivity contribution in [1.29, 1.82) is 0 Å². The Morgan fingerprint density at radius 3 is 2.89 bits per heavy atom. The zero-order chi connectivity index (χ0) is 13.4. The first-order chi connectivity index (χ1) is 8.65. The molecule has 0 radical (unpaired) electrons. The first-order valence-corrected chi connectivity index (χ1v) is 6.69. The zero-order valence-electron chi connectivity index (χ0n) is 10.9. The van der Waals surface area contributed by atoms with Crippen molar-refractivity contribution in [3.05, 3.63) is 24.3 Å². The highest BCUT2D eigenvalue weighted by Crippen LogP contribution is 2.22. The number of hydrogen-bond donors (Lipinski definition) is 1. The molecule has 1 atom stereocenters. The van der Waals surface area contributed by atoms with Gasteiger partial charge in [-0.25, -0.2) is 0 Å². The van der Waals surface area contributed by atoms with Crippen LogP contribution in [0.25, 0.3) is 0 Å². The van der Waals surface area contributed by atoms with Gasteiger partial charge in [0.05, 0.1) is 19.5 Å². The molecular weight excluding hydrogens is 250 g/mol. The molecule has 4 nitrogen and oxygen atoms in total.